The predicted octanol–water partition coefficient (Wildman–Crippen LogP) is 2.15. The van der Waals surface area contributed by atoms with Crippen LogP contribution in [0.2, 0.25) is 0 Å². The summed E-state index contributed by atoms with van der Waals surface area (Å²) in [6.45, 7) is 1.97. The van der Waals surface area contributed by atoms with Crippen LogP contribution in [-0.2, 0) is 17.8 Å². The molecule has 1 aromatic heterocycles. The molecule has 0 fully saturated rings. The van der Waals surface area contributed by atoms with Gasteiger partial charge in [-0.2, -0.15) is 18.3 Å². The van der Waals surface area contributed by atoms with E-state index in [1.54, 1.807) is 12.1 Å². The van der Waals surface area contributed by atoms with Gasteiger partial charge in [0.05, 0.1) is 12.5 Å². The fraction of sp³-hybridized carbons (Fsp3) is 0.438. The summed E-state index contributed by atoms with van der Waals surface area (Å²) >= 11 is 0. The van der Waals surface area contributed by atoms with Crippen molar-refractivity contribution < 1.29 is 23.1 Å². The molecule has 1 aromatic carbocycles. The molecular formula is C16H16F3N3O3. The van der Waals surface area contributed by atoms with Crippen LogP contribution >= 0.6 is 0 Å². The number of aryl methyl sites for hydroxylation is 1. The molecule has 9 heteroatoms. The summed E-state index contributed by atoms with van der Waals surface area (Å²) in [4.78, 5) is 23.9. The van der Waals surface area contributed by atoms with E-state index in [-0.39, 0.29) is 12.4 Å². The molecule has 1 N–H and O–H groups in total. The minimum atomic E-state index is -4.53. The Morgan fingerprint density at radius 1 is 1.32 bits per heavy atom. The van der Waals surface area contributed by atoms with Gasteiger partial charge in [0, 0.05) is 6.42 Å². The fourth-order valence-corrected chi connectivity index (χ4v) is 3.03. The van der Waals surface area contributed by atoms with Gasteiger partial charge in [0.15, 0.2) is 0 Å². The zero-order valence-electron chi connectivity index (χ0n) is 13.3. The second-order valence-electron chi connectivity index (χ2n) is 6.24. The second kappa shape index (κ2) is 6.05. The van der Waals surface area contributed by atoms with E-state index in [0.717, 1.165) is 20.4 Å². The van der Waals surface area contributed by atoms with Crippen LogP contribution in [0.1, 0.15) is 29.4 Å². The smallest absolute Gasteiger partial charge is 0.392 e. The lowest BCUT2D eigenvalue weighted by atomic mass is 9.92. The molecule has 134 valence electrons. The Hall–Kier alpha value is -2.58. The van der Waals surface area contributed by atoms with Gasteiger partial charge >= 0.3 is 17.8 Å². The molecule has 1 aliphatic heterocycles. The monoisotopic (exact) mass is 355 g/mol. The van der Waals surface area contributed by atoms with Gasteiger partial charge in [-0.3, -0.25) is 4.57 Å². The highest BCUT2D eigenvalue weighted by molar-refractivity contribution is 5.72. The minimum Gasteiger partial charge on any atom is -0.480 e. The summed E-state index contributed by atoms with van der Waals surface area (Å²) in [5.74, 6) is -3.43. The van der Waals surface area contributed by atoms with Crippen molar-refractivity contribution in [3.05, 3.63) is 51.7 Å². The highest BCUT2D eigenvalue weighted by atomic mass is 19.4. The number of halogens is 3. The van der Waals surface area contributed by atoms with E-state index in [1.807, 2.05) is 19.1 Å². The first-order valence-electron chi connectivity index (χ1n) is 7.70. The standard InChI is InChI=1S/C16H16F3N3O3/c1-9-2-4-10(5-3-9)8-21-15(25)22-12(14(23)24)6-11(16(17,18)19)7-13(22)20-21/h2-5,11-12H,6-8H2,1H3,(H,23,24)/t11-,12-/m1/s1. The number of carboxylic acids is 1. The molecule has 6 nitrogen and oxygen atoms in total. The van der Waals surface area contributed by atoms with Crippen LogP contribution in [0, 0.1) is 12.8 Å². The van der Waals surface area contributed by atoms with Gasteiger partial charge in [-0.25, -0.2) is 14.3 Å². The van der Waals surface area contributed by atoms with Crippen molar-refractivity contribution in [1.82, 2.24) is 14.3 Å². The van der Waals surface area contributed by atoms with Crippen molar-refractivity contribution in [2.24, 2.45) is 5.92 Å². The maximum Gasteiger partial charge on any atom is 0.392 e. The molecule has 0 radical (unpaired) electrons. The van der Waals surface area contributed by atoms with Crippen LogP contribution in [0.4, 0.5) is 13.2 Å². The Labute approximate surface area is 140 Å². The molecule has 3 rings (SSSR count). The van der Waals surface area contributed by atoms with Crippen LogP contribution in [0.25, 0.3) is 0 Å². The van der Waals surface area contributed by atoms with Crippen molar-refractivity contribution in [3.8, 4) is 0 Å². The number of alkyl halides is 3. The Kier molecular flexibility index (Phi) is 4.18. The van der Waals surface area contributed by atoms with Crippen LogP contribution in [-0.4, -0.2) is 31.6 Å². The first kappa shape index (κ1) is 17.2. The van der Waals surface area contributed by atoms with Gasteiger partial charge in [0.2, 0.25) is 0 Å². The second-order valence-corrected chi connectivity index (χ2v) is 6.24. The highest BCUT2D eigenvalue weighted by Crippen LogP contribution is 2.38. The average Bonchev–Trinajstić information content (AvgIpc) is 2.84. The predicted molar refractivity (Wildman–Crippen MR) is 81.3 cm³/mol. The van der Waals surface area contributed by atoms with Gasteiger partial charge in [0.25, 0.3) is 0 Å². The molecule has 1 aliphatic rings. The quantitative estimate of drug-likeness (QED) is 0.915. The van der Waals surface area contributed by atoms with Gasteiger partial charge in [-0.05, 0) is 18.9 Å². The molecule has 0 bridgehead atoms. The molecule has 25 heavy (non-hydrogen) atoms. The zero-order chi connectivity index (χ0) is 18.4. The molecule has 0 aliphatic carbocycles. The van der Waals surface area contributed by atoms with Crippen molar-refractivity contribution in [1.29, 1.82) is 0 Å². The van der Waals surface area contributed by atoms with E-state index < -0.39 is 42.6 Å². The van der Waals surface area contributed by atoms with Gasteiger partial charge in [-0.15, -0.1) is 0 Å². The molecule has 0 saturated heterocycles. The minimum absolute atomic E-state index is 0.0716. The first-order valence-corrected chi connectivity index (χ1v) is 7.70. The topological polar surface area (TPSA) is 77.1 Å². The number of hydrogen-bond acceptors (Lipinski definition) is 3. The number of benzene rings is 1. The number of fused-ring (bicyclic) bond motifs is 1. The Bertz CT molecular complexity index is 852. The van der Waals surface area contributed by atoms with Crippen LogP contribution < -0.4 is 5.69 Å². The number of rotatable bonds is 3. The molecule has 0 saturated carbocycles. The summed E-state index contributed by atoms with van der Waals surface area (Å²) in [5.41, 5.74) is 1.07. The van der Waals surface area contributed by atoms with Gasteiger partial charge < -0.3 is 5.11 Å². The van der Waals surface area contributed by atoms with E-state index in [4.69, 9.17) is 0 Å². The van der Waals surface area contributed by atoms with E-state index in [0.29, 0.717) is 0 Å². The van der Waals surface area contributed by atoms with Crippen molar-refractivity contribution in [2.45, 2.75) is 38.5 Å². The summed E-state index contributed by atoms with van der Waals surface area (Å²) in [6.07, 6.45) is -5.69. The van der Waals surface area contributed by atoms with E-state index in [1.165, 1.54) is 0 Å². The molecule has 2 heterocycles. The van der Waals surface area contributed by atoms with E-state index in [2.05, 4.69) is 5.10 Å². The third kappa shape index (κ3) is 3.31. The van der Waals surface area contributed by atoms with Crippen molar-refractivity contribution in [2.75, 3.05) is 0 Å². The number of carbonyl (C=O) groups is 1. The fourth-order valence-electron chi connectivity index (χ4n) is 3.03. The summed E-state index contributed by atoms with van der Waals surface area (Å²) < 4.78 is 41.0. The summed E-state index contributed by atoms with van der Waals surface area (Å²) in [5, 5.41) is 13.2. The van der Waals surface area contributed by atoms with Crippen LogP contribution in [0.15, 0.2) is 29.1 Å². The highest BCUT2D eigenvalue weighted by Gasteiger charge is 2.47. The van der Waals surface area contributed by atoms with Crippen LogP contribution in [0.3, 0.4) is 0 Å². The number of aliphatic carboxylic acids is 1. The molecule has 2 atom stereocenters. The lowest BCUT2D eigenvalue weighted by Gasteiger charge is -2.28. The van der Waals surface area contributed by atoms with E-state index >= 15 is 0 Å². The number of carboxylic acid groups (broad SMARTS) is 1. The van der Waals surface area contributed by atoms with Crippen molar-refractivity contribution in [3.63, 3.8) is 0 Å². The molecular weight excluding hydrogens is 339 g/mol. The van der Waals surface area contributed by atoms with Gasteiger partial charge in [-0.1, -0.05) is 29.8 Å². The maximum absolute atomic E-state index is 13.0. The molecule has 0 unspecified atom stereocenters. The number of nitrogens with zero attached hydrogens (tertiary/aromatic N) is 3. The number of aromatic nitrogens is 3. The Morgan fingerprint density at radius 3 is 2.52 bits per heavy atom. The van der Waals surface area contributed by atoms with Crippen LogP contribution in [0.5, 0.6) is 0 Å². The lowest BCUT2D eigenvalue weighted by Crippen LogP contribution is -2.40. The molecule has 2 aromatic rings. The first-order chi connectivity index (χ1) is 11.7. The summed E-state index contributed by atoms with van der Waals surface area (Å²) in [7, 11) is 0. The zero-order valence-corrected chi connectivity index (χ0v) is 13.3. The largest absolute Gasteiger partial charge is 0.480 e. The van der Waals surface area contributed by atoms with Crippen molar-refractivity contribution >= 4 is 5.97 Å². The maximum atomic E-state index is 13.0. The summed E-state index contributed by atoms with van der Waals surface area (Å²) in [6, 6.07) is 5.70. The Balaban J connectivity index is 1.99. The number of hydrogen-bond donors (Lipinski definition) is 1. The molecule has 0 spiro atoms. The lowest BCUT2D eigenvalue weighted by molar-refractivity contribution is -0.183. The SMILES string of the molecule is Cc1ccc(Cn2nc3n(c2=O)[C@@H](C(=O)O)C[C@@H](C(F)(F)F)C3)cc1. The molecule has 0 amide bonds. The normalized spacial score (nSPS) is 20.3. The third-order valence-corrected chi connectivity index (χ3v) is 4.39. The average molecular weight is 355 g/mol. The van der Waals surface area contributed by atoms with E-state index in [9.17, 15) is 27.9 Å². The third-order valence-electron chi connectivity index (χ3n) is 4.39. The van der Waals surface area contributed by atoms with Gasteiger partial charge in [0.1, 0.15) is 11.9 Å². The Morgan fingerprint density at radius 2 is 1.96 bits per heavy atom.